The molecule has 0 bridgehead atoms. The summed E-state index contributed by atoms with van der Waals surface area (Å²) in [6.07, 6.45) is 1.62. The molecule has 0 spiro atoms. The monoisotopic (exact) mass is 217 g/mol. The minimum atomic E-state index is -1.06. The van der Waals surface area contributed by atoms with Crippen LogP contribution in [0.2, 0.25) is 0 Å². The van der Waals surface area contributed by atoms with Crippen molar-refractivity contribution < 1.29 is 5.11 Å². The highest BCUT2D eigenvalue weighted by Gasteiger charge is 2.34. The molecule has 0 aliphatic rings. The molecule has 0 fully saturated rings. The van der Waals surface area contributed by atoms with Gasteiger partial charge in [0.15, 0.2) is 0 Å². The highest BCUT2D eigenvalue weighted by atomic mass is 16.3. The summed E-state index contributed by atoms with van der Waals surface area (Å²) in [4.78, 5) is 0. The van der Waals surface area contributed by atoms with Crippen molar-refractivity contribution in [3.05, 3.63) is 35.4 Å². The number of rotatable bonds is 4. The minimum absolute atomic E-state index is 0.349. The molecule has 0 amide bonds. The zero-order chi connectivity index (χ0) is 12.2. The molecule has 0 heterocycles. The van der Waals surface area contributed by atoms with Gasteiger partial charge < -0.3 is 5.11 Å². The van der Waals surface area contributed by atoms with E-state index < -0.39 is 5.60 Å². The van der Waals surface area contributed by atoms with E-state index in [-0.39, 0.29) is 5.92 Å². The second kappa shape index (κ2) is 5.14. The van der Waals surface area contributed by atoms with Crippen molar-refractivity contribution in [2.45, 2.75) is 39.2 Å². The first kappa shape index (κ1) is 12.7. The zero-order valence-electron chi connectivity index (χ0n) is 10.2. The minimum Gasteiger partial charge on any atom is -0.384 e. The average Bonchev–Trinajstić information content (AvgIpc) is 2.26. The van der Waals surface area contributed by atoms with Gasteiger partial charge in [-0.1, -0.05) is 37.6 Å². The summed E-state index contributed by atoms with van der Waals surface area (Å²) in [6.45, 7) is 5.72. The summed E-state index contributed by atoms with van der Waals surface area (Å²) < 4.78 is 0. The van der Waals surface area contributed by atoms with Gasteiger partial charge in [0, 0.05) is 0 Å². The quantitative estimate of drug-likeness (QED) is 0.842. The fourth-order valence-electron chi connectivity index (χ4n) is 2.09. The Bertz CT molecular complexity index is 390. The summed E-state index contributed by atoms with van der Waals surface area (Å²) in [5.41, 5.74) is 0.828. The number of aliphatic hydroxyl groups is 1. The van der Waals surface area contributed by atoms with Crippen LogP contribution >= 0.6 is 0 Å². The Morgan fingerprint density at radius 2 is 2.06 bits per heavy atom. The van der Waals surface area contributed by atoms with Crippen LogP contribution in [0.1, 0.15) is 37.8 Å². The van der Waals surface area contributed by atoms with E-state index in [1.165, 1.54) is 0 Å². The molecular weight excluding hydrogens is 198 g/mol. The van der Waals surface area contributed by atoms with Crippen molar-refractivity contribution in [1.82, 2.24) is 0 Å². The van der Waals surface area contributed by atoms with Crippen molar-refractivity contribution in [2.24, 2.45) is 5.92 Å². The maximum atomic E-state index is 10.5. The smallest absolute Gasteiger partial charge is 0.103 e. The molecule has 1 aromatic carbocycles. The summed E-state index contributed by atoms with van der Waals surface area (Å²) >= 11 is 0. The Labute approximate surface area is 97.5 Å². The summed E-state index contributed by atoms with van der Waals surface area (Å²) in [6, 6.07) is 9.92. The summed E-state index contributed by atoms with van der Waals surface area (Å²) in [5.74, 6) is -0.349. The van der Waals surface area contributed by atoms with Crippen LogP contribution in [0.5, 0.6) is 0 Å². The predicted molar refractivity (Wildman–Crippen MR) is 64.8 cm³/mol. The topological polar surface area (TPSA) is 44.0 Å². The van der Waals surface area contributed by atoms with Gasteiger partial charge in [0.2, 0.25) is 0 Å². The lowest BCUT2D eigenvalue weighted by Crippen LogP contribution is -2.31. The molecule has 2 nitrogen and oxygen atoms in total. The van der Waals surface area contributed by atoms with Crippen molar-refractivity contribution in [3.63, 3.8) is 0 Å². The van der Waals surface area contributed by atoms with Crippen LogP contribution in [0.25, 0.3) is 0 Å². The van der Waals surface area contributed by atoms with Crippen LogP contribution < -0.4 is 0 Å². The molecule has 0 aliphatic carbocycles. The highest BCUT2D eigenvalue weighted by Crippen LogP contribution is 2.33. The standard InChI is InChI=1S/C14H19NO/c1-4-7-12(10-15)14(3,16)13-9-6-5-8-11(13)2/h5-6,8-9,12,16H,4,7H2,1-3H3. The molecule has 86 valence electrons. The van der Waals surface area contributed by atoms with Crippen molar-refractivity contribution >= 4 is 0 Å². The number of benzene rings is 1. The molecule has 0 aliphatic heterocycles. The van der Waals surface area contributed by atoms with Crippen molar-refractivity contribution in [1.29, 1.82) is 5.26 Å². The fraction of sp³-hybridized carbons (Fsp3) is 0.500. The molecule has 0 radical (unpaired) electrons. The zero-order valence-corrected chi connectivity index (χ0v) is 10.2. The molecule has 0 aromatic heterocycles. The van der Waals surface area contributed by atoms with E-state index in [1.807, 2.05) is 38.1 Å². The maximum Gasteiger partial charge on any atom is 0.103 e. The molecule has 2 unspecified atom stereocenters. The van der Waals surface area contributed by atoms with Crippen LogP contribution in [-0.4, -0.2) is 5.11 Å². The molecular formula is C14H19NO. The first-order chi connectivity index (χ1) is 7.54. The molecule has 2 atom stereocenters. The van der Waals surface area contributed by atoms with E-state index in [1.54, 1.807) is 6.92 Å². The highest BCUT2D eigenvalue weighted by molar-refractivity contribution is 5.32. The molecule has 1 N–H and O–H groups in total. The Kier molecular flexibility index (Phi) is 4.09. The second-order valence-electron chi connectivity index (χ2n) is 4.43. The molecule has 16 heavy (non-hydrogen) atoms. The number of hydrogen-bond donors (Lipinski definition) is 1. The van der Waals surface area contributed by atoms with E-state index in [4.69, 9.17) is 5.26 Å². The van der Waals surface area contributed by atoms with Gasteiger partial charge in [0.05, 0.1) is 12.0 Å². The summed E-state index contributed by atoms with van der Waals surface area (Å²) in [7, 11) is 0. The van der Waals surface area contributed by atoms with Crippen LogP contribution in [-0.2, 0) is 5.60 Å². The van der Waals surface area contributed by atoms with Crippen molar-refractivity contribution in [2.75, 3.05) is 0 Å². The van der Waals surface area contributed by atoms with Crippen LogP contribution in [0.15, 0.2) is 24.3 Å². The van der Waals surface area contributed by atoms with Gasteiger partial charge in [-0.15, -0.1) is 0 Å². The number of aryl methyl sites for hydroxylation is 1. The molecule has 2 heteroatoms. The lowest BCUT2D eigenvalue weighted by atomic mass is 9.79. The average molecular weight is 217 g/mol. The first-order valence-electron chi connectivity index (χ1n) is 5.72. The molecule has 1 rings (SSSR count). The third kappa shape index (κ3) is 2.43. The molecule has 0 saturated heterocycles. The Balaban J connectivity index is 3.10. The first-order valence-corrected chi connectivity index (χ1v) is 5.72. The fourth-order valence-corrected chi connectivity index (χ4v) is 2.09. The van der Waals surface area contributed by atoms with Gasteiger partial charge in [-0.05, 0) is 31.4 Å². The van der Waals surface area contributed by atoms with E-state index >= 15 is 0 Å². The molecule has 1 aromatic rings. The third-order valence-corrected chi connectivity index (χ3v) is 3.10. The van der Waals surface area contributed by atoms with Gasteiger partial charge in [0.1, 0.15) is 5.60 Å². The van der Waals surface area contributed by atoms with Gasteiger partial charge in [-0.25, -0.2) is 0 Å². The number of nitrogens with zero attached hydrogens (tertiary/aromatic N) is 1. The number of nitriles is 1. The third-order valence-electron chi connectivity index (χ3n) is 3.10. The number of hydrogen-bond acceptors (Lipinski definition) is 2. The molecule has 0 saturated carbocycles. The van der Waals surface area contributed by atoms with Gasteiger partial charge in [-0.3, -0.25) is 0 Å². The van der Waals surface area contributed by atoms with Crippen LogP contribution in [0, 0.1) is 24.2 Å². The van der Waals surface area contributed by atoms with Gasteiger partial charge in [-0.2, -0.15) is 5.26 Å². The van der Waals surface area contributed by atoms with E-state index in [9.17, 15) is 5.11 Å². The lowest BCUT2D eigenvalue weighted by Gasteiger charge is -2.30. The van der Waals surface area contributed by atoms with Crippen molar-refractivity contribution in [3.8, 4) is 6.07 Å². The predicted octanol–water partition coefficient (Wildman–Crippen LogP) is 3.14. The Morgan fingerprint density at radius 1 is 1.44 bits per heavy atom. The van der Waals surface area contributed by atoms with E-state index in [2.05, 4.69) is 6.07 Å². The van der Waals surface area contributed by atoms with E-state index in [0.717, 1.165) is 24.0 Å². The Morgan fingerprint density at radius 3 is 2.56 bits per heavy atom. The van der Waals surface area contributed by atoms with E-state index in [0.29, 0.717) is 0 Å². The maximum absolute atomic E-state index is 10.5. The van der Waals surface area contributed by atoms with Crippen LogP contribution in [0.4, 0.5) is 0 Å². The van der Waals surface area contributed by atoms with Crippen LogP contribution in [0.3, 0.4) is 0 Å². The van der Waals surface area contributed by atoms with Gasteiger partial charge in [0.25, 0.3) is 0 Å². The Hall–Kier alpha value is -1.33. The second-order valence-corrected chi connectivity index (χ2v) is 4.43. The SMILES string of the molecule is CCCC(C#N)C(C)(O)c1ccccc1C. The lowest BCUT2D eigenvalue weighted by molar-refractivity contribution is 0.0125. The summed E-state index contributed by atoms with van der Waals surface area (Å²) in [5, 5.41) is 19.7. The largest absolute Gasteiger partial charge is 0.384 e. The normalized spacial score (nSPS) is 16.2. The van der Waals surface area contributed by atoms with Gasteiger partial charge >= 0.3 is 0 Å².